The topological polar surface area (TPSA) is 63.4 Å². The summed E-state index contributed by atoms with van der Waals surface area (Å²) >= 11 is 0. The van der Waals surface area contributed by atoms with Gasteiger partial charge in [0.2, 0.25) is 10.0 Å². The molecule has 0 bridgehead atoms. The van der Waals surface area contributed by atoms with Gasteiger partial charge in [0.1, 0.15) is 0 Å². The van der Waals surface area contributed by atoms with Crippen LogP contribution in [0.4, 0.5) is 0 Å². The monoisotopic (exact) mass is 236 g/mol. The highest BCUT2D eigenvalue weighted by molar-refractivity contribution is 7.90. The van der Waals surface area contributed by atoms with Gasteiger partial charge in [-0.05, 0) is 33.2 Å². The molecule has 0 saturated heterocycles. The first-order valence-corrected chi connectivity index (χ1v) is 6.80. The normalized spacial score (nSPS) is 15.7. The van der Waals surface area contributed by atoms with E-state index in [0.717, 1.165) is 0 Å². The molecule has 0 aromatic carbocycles. The molecule has 0 saturated carbocycles. The molecule has 0 fully saturated rings. The van der Waals surface area contributed by atoms with Crippen molar-refractivity contribution in [2.24, 2.45) is 11.7 Å². The quantitative estimate of drug-likeness (QED) is 0.775. The predicted molar refractivity (Wildman–Crippen MR) is 64.1 cm³/mol. The van der Waals surface area contributed by atoms with Gasteiger partial charge in [-0.25, -0.2) is 12.7 Å². The second-order valence-electron chi connectivity index (χ2n) is 4.91. The van der Waals surface area contributed by atoms with E-state index in [1.807, 2.05) is 13.8 Å². The molecule has 0 heterocycles. The van der Waals surface area contributed by atoms with Gasteiger partial charge in [0, 0.05) is 13.1 Å². The summed E-state index contributed by atoms with van der Waals surface area (Å²) in [6, 6.07) is 0. The molecule has 0 aromatic rings. The fraction of sp³-hybridized carbons (Fsp3) is 1.00. The first kappa shape index (κ1) is 14.9. The minimum atomic E-state index is -3.22. The molecule has 4 nitrogen and oxygen atoms in total. The van der Waals surface area contributed by atoms with Crippen molar-refractivity contribution in [3.8, 4) is 0 Å². The summed E-state index contributed by atoms with van der Waals surface area (Å²) in [7, 11) is -3.22. The summed E-state index contributed by atoms with van der Waals surface area (Å²) in [4.78, 5) is 0. The maximum absolute atomic E-state index is 12.1. The molecule has 0 radical (unpaired) electrons. The number of sulfonamides is 1. The van der Waals surface area contributed by atoms with Crippen molar-refractivity contribution < 1.29 is 8.42 Å². The zero-order chi connectivity index (χ0) is 12.3. The van der Waals surface area contributed by atoms with Crippen LogP contribution < -0.4 is 5.73 Å². The Morgan fingerprint density at radius 2 is 1.80 bits per heavy atom. The molecule has 1 unspecified atom stereocenters. The largest absolute Gasteiger partial charge is 0.330 e. The summed E-state index contributed by atoms with van der Waals surface area (Å²) in [6.07, 6.45) is 0. The Bertz CT molecular complexity index is 280. The highest BCUT2D eigenvalue weighted by Crippen LogP contribution is 2.20. The van der Waals surface area contributed by atoms with Crippen LogP contribution in [0.5, 0.6) is 0 Å². The highest BCUT2D eigenvalue weighted by Gasteiger charge is 2.34. The number of hydrogen-bond acceptors (Lipinski definition) is 3. The predicted octanol–water partition coefficient (Wildman–Crippen LogP) is 1.03. The van der Waals surface area contributed by atoms with Crippen LogP contribution in [0.2, 0.25) is 0 Å². The van der Waals surface area contributed by atoms with E-state index in [4.69, 9.17) is 5.73 Å². The maximum Gasteiger partial charge on any atom is 0.219 e. The van der Waals surface area contributed by atoms with Gasteiger partial charge in [0.25, 0.3) is 0 Å². The Morgan fingerprint density at radius 3 is 2.07 bits per heavy atom. The zero-order valence-corrected chi connectivity index (χ0v) is 11.3. The second-order valence-corrected chi connectivity index (χ2v) is 7.60. The Hall–Kier alpha value is -0.130. The molecule has 0 rings (SSSR count). The third-order valence-electron chi connectivity index (χ3n) is 2.38. The van der Waals surface area contributed by atoms with E-state index in [1.165, 1.54) is 4.31 Å². The van der Waals surface area contributed by atoms with E-state index in [2.05, 4.69) is 0 Å². The lowest BCUT2D eigenvalue weighted by molar-refractivity contribution is 0.360. The van der Waals surface area contributed by atoms with Crippen LogP contribution in [0.3, 0.4) is 0 Å². The zero-order valence-electron chi connectivity index (χ0n) is 10.4. The molecule has 15 heavy (non-hydrogen) atoms. The number of nitrogens with two attached hydrogens (primary N) is 1. The summed E-state index contributed by atoms with van der Waals surface area (Å²) in [5.74, 6) is 0.196. The SMILES string of the molecule is CCN(CC(C)CN)S(=O)(=O)C(C)(C)C. The molecule has 0 aliphatic rings. The van der Waals surface area contributed by atoms with Crippen LogP contribution in [-0.2, 0) is 10.0 Å². The lowest BCUT2D eigenvalue weighted by atomic mass is 10.2. The fourth-order valence-corrected chi connectivity index (χ4v) is 2.77. The fourth-order valence-electron chi connectivity index (χ4n) is 1.21. The van der Waals surface area contributed by atoms with Gasteiger partial charge in [-0.1, -0.05) is 13.8 Å². The van der Waals surface area contributed by atoms with E-state index >= 15 is 0 Å². The molecule has 0 amide bonds. The van der Waals surface area contributed by atoms with Crippen molar-refractivity contribution in [3.05, 3.63) is 0 Å². The van der Waals surface area contributed by atoms with E-state index in [9.17, 15) is 8.42 Å². The molecule has 1 atom stereocenters. The first-order chi connectivity index (χ1) is 6.66. The molecule has 0 aromatic heterocycles. The Kier molecular flexibility index (Phi) is 5.23. The lowest BCUT2D eigenvalue weighted by Gasteiger charge is -2.30. The van der Waals surface area contributed by atoms with Crippen molar-refractivity contribution in [1.82, 2.24) is 4.31 Å². The maximum atomic E-state index is 12.1. The van der Waals surface area contributed by atoms with Gasteiger partial charge in [0.05, 0.1) is 4.75 Å². The van der Waals surface area contributed by atoms with Crippen LogP contribution in [0.25, 0.3) is 0 Å². The van der Waals surface area contributed by atoms with Crippen LogP contribution in [0.1, 0.15) is 34.6 Å². The summed E-state index contributed by atoms with van der Waals surface area (Å²) in [5.41, 5.74) is 5.51. The van der Waals surface area contributed by atoms with Crippen LogP contribution in [-0.4, -0.2) is 37.1 Å². The minimum Gasteiger partial charge on any atom is -0.330 e. The van der Waals surface area contributed by atoms with Crippen LogP contribution in [0.15, 0.2) is 0 Å². The molecular weight excluding hydrogens is 212 g/mol. The van der Waals surface area contributed by atoms with Crippen molar-refractivity contribution >= 4 is 10.0 Å². The molecule has 0 aliphatic carbocycles. The van der Waals surface area contributed by atoms with Crippen molar-refractivity contribution in [2.45, 2.75) is 39.4 Å². The highest BCUT2D eigenvalue weighted by atomic mass is 32.2. The molecule has 2 N–H and O–H groups in total. The molecule has 0 aliphatic heterocycles. The summed E-state index contributed by atoms with van der Waals surface area (Å²) < 4.78 is 25.0. The molecular formula is C10H24N2O2S. The third kappa shape index (κ3) is 3.74. The van der Waals surface area contributed by atoms with Gasteiger partial charge in [-0.2, -0.15) is 0 Å². The minimum absolute atomic E-state index is 0.196. The van der Waals surface area contributed by atoms with Gasteiger partial charge in [-0.3, -0.25) is 0 Å². The van der Waals surface area contributed by atoms with E-state index in [-0.39, 0.29) is 5.92 Å². The van der Waals surface area contributed by atoms with Gasteiger partial charge < -0.3 is 5.73 Å². The molecule has 0 spiro atoms. The standard InChI is InChI=1S/C10H24N2O2S/c1-6-12(8-9(2)7-11)15(13,14)10(3,4)5/h9H,6-8,11H2,1-5H3. The number of hydrogen-bond donors (Lipinski definition) is 1. The Labute approximate surface area is 93.9 Å². The van der Waals surface area contributed by atoms with Crippen molar-refractivity contribution in [1.29, 1.82) is 0 Å². The van der Waals surface area contributed by atoms with Gasteiger partial charge in [-0.15, -0.1) is 0 Å². The number of rotatable bonds is 5. The van der Waals surface area contributed by atoms with E-state index < -0.39 is 14.8 Å². The molecule has 92 valence electrons. The smallest absolute Gasteiger partial charge is 0.219 e. The second kappa shape index (κ2) is 5.27. The van der Waals surface area contributed by atoms with Crippen molar-refractivity contribution in [2.75, 3.05) is 19.6 Å². The van der Waals surface area contributed by atoms with Crippen LogP contribution >= 0.6 is 0 Å². The van der Waals surface area contributed by atoms with Crippen LogP contribution in [0, 0.1) is 5.92 Å². The summed E-state index contributed by atoms with van der Waals surface area (Å²) in [6.45, 7) is 10.5. The summed E-state index contributed by atoms with van der Waals surface area (Å²) in [5, 5.41) is 0. The molecule has 5 heteroatoms. The van der Waals surface area contributed by atoms with Gasteiger partial charge in [0.15, 0.2) is 0 Å². The Morgan fingerprint density at radius 1 is 1.33 bits per heavy atom. The Balaban J connectivity index is 4.83. The van der Waals surface area contributed by atoms with Crippen molar-refractivity contribution in [3.63, 3.8) is 0 Å². The van der Waals surface area contributed by atoms with E-state index in [1.54, 1.807) is 20.8 Å². The third-order valence-corrected chi connectivity index (χ3v) is 5.02. The average molecular weight is 236 g/mol. The van der Waals surface area contributed by atoms with Gasteiger partial charge >= 0.3 is 0 Å². The van der Waals surface area contributed by atoms with E-state index in [0.29, 0.717) is 19.6 Å². The number of nitrogens with zero attached hydrogens (tertiary/aromatic N) is 1. The lowest BCUT2D eigenvalue weighted by Crippen LogP contribution is -2.45. The first-order valence-electron chi connectivity index (χ1n) is 5.36. The average Bonchev–Trinajstić information content (AvgIpc) is 2.11.